The van der Waals surface area contributed by atoms with Gasteiger partial charge >= 0.3 is 0 Å². The first-order chi connectivity index (χ1) is 12.0. The number of methoxy groups -OCH3 is 1. The number of hydrogen-bond acceptors (Lipinski definition) is 3. The molecule has 1 aliphatic heterocycles. The highest BCUT2D eigenvalue weighted by molar-refractivity contribution is 6.30. The van der Waals surface area contributed by atoms with Gasteiger partial charge in [0.2, 0.25) is 11.8 Å². The molecule has 1 aliphatic carbocycles. The lowest BCUT2D eigenvalue weighted by atomic mass is 9.71. The minimum Gasteiger partial charge on any atom is -0.384 e. The number of hydrogen-bond donors (Lipinski definition) is 2. The molecule has 1 aromatic rings. The SMILES string of the molecule is COCC1CC(=O)NC2CC(NC(=O)Cc3ccc(Cl)cc3)CCC12. The van der Waals surface area contributed by atoms with Crippen LogP contribution in [0.3, 0.4) is 0 Å². The third kappa shape index (κ3) is 4.73. The maximum atomic E-state index is 12.3. The molecular formula is C19H25ClN2O3. The minimum atomic E-state index is 0.0151. The molecule has 4 unspecified atom stereocenters. The van der Waals surface area contributed by atoms with E-state index in [2.05, 4.69) is 10.6 Å². The Morgan fingerprint density at radius 3 is 2.80 bits per heavy atom. The van der Waals surface area contributed by atoms with E-state index in [9.17, 15) is 9.59 Å². The Morgan fingerprint density at radius 2 is 2.08 bits per heavy atom. The molecule has 5 nitrogen and oxygen atoms in total. The third-order valence-electron chi connectivity index (χ3n) is 5.33. The monoisotopic (exact) mass is 364 g/mol. The van der Waals surface area contributed by atoms with Gasteiger partial charge in [-0.15, -0.1) is 0 Å². The number of rotatable bonds is 5. The smallest absolute Gasteiger partial charge is 0.224 e. The van der Waals surface area contributed by atoms with Crippen molar-refractivity contribution in [2.24, 2.45) is 11.8 Å². The highest BCUT2D eigenvalue weighted by atomic mass is 35.5. The predicted molar refractivity (Wildman–Crippen MR) is 96.3 cm³/mol. The van der Waals surface area contributed by atoms with E-state index in [0.29, 0.717) is 30.4 Å². The van der Waals surface area contributed by atoms with Gasteiger partial charge in [-0.05, 0) is 48.8 Å². The van der Waals surface area contributed by atoms with E-state index >= 15 is 0 Å². The van der Waals surface area contributed by atoms with Crippen molar-refractivity contribution in [3.05, 3.63) is 34.9 Å². The minimum absolute atomic E-state index is 0.0151. The van der Waals surface area contributed by atoms with E-state index < -0.39 is 0 Å². The zero-order valence-electron chi connectivity index (χ0n) is 14.5. The molecule has 2 N–H and O–H groups in total. The summed E-state index contributed by atoms with van der Waals surface area (Å²) in [6.45, 7) is 0.627. The fourth-order valence-electron chi connectivity index (χ4n) is 4.17. The Kier molecular flexibility index (Phi) is 5.97. The van der Waals surface area contributed by atoms with Crippen molar-refractivity contribution >= 4 is 23.4 Å². The lowest BCUT2D eigenvalue weighted by Crippen LogP contribution is -2.56. The molecule has 2 aliphatic rings. The van der Waals surface area contributed by atoms with Gasteiger partial charge in [0, 0.05) is 37.2 Å². The van der Waals surface area contributed by atoms with Crippen molar-refractivity contribution in [1.29, 1.82) is 0 Å². The normalized spacial score (nSPS) is 28.8. The molecule has 0 spiro atoms. The molecule has 25 heavy (non-hydrogen) atoms. The standard InChI is InChI=1S/C19H25ClN2O3/c1-25-11-13-9-19(24)22-17-10-15(6-7-16(13)17)21-18(23)8-12-2-4-14(20)5-3-12/h2-5,13,15-17H,6-11H2,1H3,(H,21,23)(H,22,24). The summed E-state index contributed by atoms with van der Waals surface area (Å²) in [7, 11) is 1.68. The number of benzene rings is 1. The quantitative estimate of drug-likeness (QED) is 0.842. The summed E-state index contributed by atoms with van der Waals surface area (Å²) in [5, 5.41) is 6.90. The van der Waals surface area contributed by atoms with Gasteiger partial charge in [-0.2, -0.15) is 0 Å². The van der Waals surface area contributed by atoms with Crippen molar-refractivity contribution in [3.63, 3.8) is 0 Å². The molecule has 0 bridgehead atoms. The van der Waals surface area contributed by atoms with Crippen LogP contribution in [0.15, 0.2) is 24.3 Å². The summed E-state index contributed by atoms with van der Waals surface area (Å²) >= 11 is 5.87. The molecule has 4 atom stereocenters. The second-order valence-electron chi connectivity index (χ2n) is 7.14. The van der Waals surface area contributed by atoms with Crippen LogP contribution in [0.1, 0.15) is 31.2 Å². The maximum Gasteiger partial charge on any atom is 0.224 e. The van der Waals surface area contributed by atoms with Crippen molar-refractivity contribution in [3.8, 4) is 0 Å². The summed E-state index contributed by atoms with van der Waals surface area (Å²) in [5.74, 6) is 0.842. The van der Waals surface area contributed by atoms with Gasteiger partial charge in [0.25, 0.3) is 0 Å². The average molecular weight is 365 g/mol. The van der Waals surface area contributed by atoms with Gasteiger partial charge in [0.05, 0.1) is 6.42 Å². The molecule has 0 aromatic heterocycles. The zero-order chi connectivity index (χ0) is 17.8. The van der Waals surface area contributed by atoms with Crippen LogP contribution in [-0.2, 0) is 20.7 Å². The van der Waals surface area contributed by atoms with Gasteiger partial charge in [0.1, 0.15) is 0 Å². The molecule has 136 valence electrons. The lowest BCUT2D eigenvalue weighted by Gasteiger charge is -2.43. The number of fused-ring (bicyclic) bond motifs is 1. The molecule has 6 heteroatoms. The number of carbonyl (C=O) groups excluding carboxylic acids is 2. The Labute approximate surface area is 153 Å². The molecular weight excluding hydrogens is 340 g/mol. The van der Waals surface area contributed by atoms with Crippen LogP contribution in [0.25, 0.3) is 0 Å². The lowest BCUT2D eigenvalue weighted by molar-refractivity contribution is -0.128. The van der Waals surface area contributed by atoms with Gasteiger partial charge in [-0.25, -0.2) is 0 Å². The van der Waals surface area contributed by atoms with Crippen molar-refractivity contribution in [2.75, 3.05) is 13.7 Å². The Bertz CT molecular complexity index is 620. The van der Waals surface area contributed by atoms with E-state index in [1.54, 1.807) is 19.2 Å². The topological polar surface area (TPSA) is 67.4 Å². The molecule has 1 heterocycles. The molecule has 3 rings (SSSR count). The van der Waals surface area contributed by atoms with E-state index in [1.165, 1.54) is 0 Å². The van der Waals surface area contributed by atoms with Crippen molar-refractivity contribution in [1.82, 2.24) is 10.6 Å². The second-order valence-corrected chi connectivity index (χ2v) is 7.57. The second kappa shape index (κ2) is 8.19. The Hall–Kier alpha value is -1.59. The molecule has 1 saturated heterocycles. The first-order valence-corrected chi connectivity index (χ1v) is 9.25. The summed E-state index contributed by atoms with van der Waals surface area (Å²) < 4.78 is 5.29. The van der Waals surface area contributed by atoms with Gasteiger partial charge < -0.3 is 15.4 Å². The molecule has 0 radical (unpaired) electrons. The number of amides is 2. The van der Waals surface area contributed by atoms with Crippen LogP contribution in [0, 0.1) is 11.8 Å². The summed E-state index contributed by atoms with van der Waals surface area (Å²) in [6.07, 6.45) is 3.64. The fraction of sp³-hybridized carbons (Fsp3) is 0.579. The van der Waals surface area contributed by atoms with Crippen molar-refractivity contribution in [2.45, 2.75) is 44.2 Å². The van der Waals surface area contributed by atoms with Gasteiger partial charge in [-0.3, -0.25) is 9.59 Å². The highest BCUT2D eigenvalue weighted by Crippen LogP contribution is 2.35. The number of halogens is 1. The number of carbonyl (C=O) groups is 2. The maximum absolute atomic E-state index is 12.3. The first-order valence-electron chi connectivity index (χ1n) is 8.87. The van der Waals surface area contributed by atoms with E-state index in [0.717, 1.165) is 24.8 Å². The van der Waals surface area contributed by atoms with Crippen LogP contribution in [0.2, 0.25) is 5.02 Å². The Balaban J connectivity index is 1.54. The van der Waals surface area contributed by atoms with Crippen LogP contribution in [0.5, 0.6) is 0 Å². The highest BCUT2D eigenvalue weighted by Gasteiger charge is 2.40. The van der Waals surface area contributed by atoms with Crippen LogP contribution < -0.4 is 10.6 Å². The van der Waals surface area contributed by atoms with E-state index in [-0.39, 0.29) is 29.8 Å². The fourth-order valence-corrected chi connectivity index (χ4v) is 4.30. The molecule has 2 fully saturated rings. The van der Waals surface area contributed by atoms with E-state index in [1.807, 2.05) is 12.1 Å². The predicted octanol–water partition coefficient (Wildman–Crippen LogP) is 2.32. The summed E-state index contributed by atoms with van der Waals surface area (Å²) in [6, 6.07) is 7.58. The summed E-state index contributed by atoms with van der Waals surface area (Å²) in [5.41, 5.74) is 0.946. The molecule has 1 aromatic carbocycles. The van der Waals surface area contributed by atoms with E-state index in [4.69, 9.17) is 16.3 Å². The Morgan fingerprint density at radius 1 is 1.32 bits per heavy atom. The third-order valence-corrected chi connectivity index (χ3v) is 5.58. The molecule has 1 saturated carbocycles. The van der Waals surface area contributed by atoms with Gasteiger partial charge in [0.15, 0.2) is 0 Å². The average Bonchev–Trinajstić information content (AvgIpc) is 2.56. The summed E-state index contributed by atoms with van der Waals surface area (Å²) in [4.78, 5) is 24.2. The number of piperidine rings is 1. The molecule has 2 amide bonds. The van der Waals surface area contributed by atoms with Crippen molar-refractivity contribution < 1.29 is 14.3 Å². The van der Waals surface area contributed by atoms with Crippen LogP contribution >= 0.6 is 11.6 Å². The zero-order valence-corrected chi connectivity index (χ0v) is 15.2. The van der Waals surface area contributed by atoms with Crippen LogP contribution in [-0.4, -0.2) is 37.6 Å². The number of nitrogens with one attached hydrogen (secondary N) is 2. The van der Waals surface area contributed by atoms with Crippen LogP contribution in [0.4, 0.5) is 0 Å². The number of ether oxygens (including phenoxy) is 1. The van der Waals surface area contributed by atoms with Gasteiger partial charge in [-0.1, -0.05) is 23.7 Å². The largest absolute Gasteiger partial charge is 0.384 e. The first kappa shape index (κ1) is 18.2.